The number of aromatic nitrogens is 2. The van der Waals surface area contributed by atoms with Crippen molar-refractivity contribution in [3.05, 3.63) is 86.7 Å². The van der Waals surface area contributed by atoms with E-state index in [9.17, 15) is 29.1 Å². The van der Waals surface area contributed by atoms with Gasteiger partial charge in [0.1, 0.15) is 19.0 Å². The van der Waals surface area contributed by atoms with E-state index < -0.39 is 29.9 Å². The topological polar surface area (TPSA) is 179 Å². The first-order valence-electron chi connectivity index (χ1n) is 16.8. The van der Waals surface area contributed by atoms with Crippen molar-refractivity contribution >= 4 is 40.8 Å². The molecule has 4 aromatic rings. The number of ether oxygens (including phenoxy) is 4. The van der Waals surface area contributed by atoms with Crippen LogP contribution >= 0.6 is 0 Å². The number of hydrogen-bond donors (Lipinski definition) is 2. The maximum Gasteiger partial charge on any atom is 0.415 e. The van der Waals surface area contributed by atoms with Crippen molar-refractivity contribution in [1.82, 2.24) is 19.4 Å². The number of rotatable bonds is 9. The molecule has 272 valence electrons. The Morgan fingerprint density at radius 1 is 1.00 bits per heavy atom. The summed E-state index contributed by atoms with van der Waals surface area (Å²) >= 11 is 0. The zero-order valence-electron chi connectivity index (χ0n) is 29.5. The lowest BCUT2D eigenvalue weighted by molar-refractivity contribution is -0.172. The van der Waals surface area contributed by atoms with E-state index >= 15 is 0 Å². The molecule has 2 N–H and O–H groups in total. The van der Waals surface area contributed by atoms with Crippen LogP contribution in [0.3, 0.4) is 0 Å². The number of aliphatic hydroxyl groups is 1. The van der Waals surface area contributed by atoms with Crippen molar-refractivity contribution in [2.45, 2.75) is 52.0 Å². The summed E-state index contributed by atoms with van der Waals surface area (Å²) in [6.07, 6.45) is -1.14. The highest BCUT2D eigenvalue weighted by Crippen LogP contribution is 2.40. The van der Waals surface area contributed by atoms with Crippen molar-refractivity contribution in [3.8, 4) is 17.1 Å². The number of esters is 1. The second-order valence-corrected chi connectivity index (χ2v) is 12.6. The number of methoxy groups -OCH3 is 1. The predicted octanol–water partition coefficient (Wildman–Crippen LogP) is 4.52. The van der Waals surface area contributed by atoms with Crippen LogP contribution in [0.1, 0.15) is 48.1 Å². The number of carbonyl (C=O) groups is 4. The van der Waals surface area contributed by atoms with Crippen molar-refractivity contribution in [2.75, 3.05) is 39.6 Å². The standard InChI is InChI=1S/C37H39N5O10/c1-6-24-25-16-23(52-36(47)41(4)15-14-40(3)35(46)51-19-21-8-10-22(11-9-21)38-34(45)49-5)12-13-29(25)39-31-26(24)18-42-30(31)17-28-27(32(42)43)20-50-33(44)37(28,48)7-2/h8-13,16-17,48H,6-7,14-15,18-20H2,1-5H3,(H,38,45)/t37-/m0/s1. The maximum atomic E-state index is 13.6. The Balaban J connectivity index is 1.11. The van der Waals surface area contributed by atoms with Crippen LogP contribution in [0.5, 0.6) is 5.75 Å². The summed E-state index contributed by atoms with van der Waals surface area (Å²) in [5, 5.41) is 14.5. The lowest BCUT2D eigenvalue weighted by atomic mass is 9.86. The zero-order valence-corrected chi connectivity index (χ0v) is 29.5. The minimum Gasteiger partial charge on any atom is -0.458 e. The lowest BCUT2D eigenvalue weighted by Gasteiger charge is -2.31. The minimum atomic E-state index is -1.92. The van der Waals surface area contributed by atoms with Crippen molar-refractivity contribution < 1.29 is 43.2 Å². The van der Waals surface area contributed by atoms with Gasteiger partial charge in [-0.1, -0.05) is 26.0 Å². The minimum absolute atomic E-state index is 0.0163. The quantitative estimate of drug-likeness (QED) is 0.162. The van der Waals surface area contributed by atoms with Gasteiger partial charge in [-0.3, -0.25) is 10.1 Å². The number of nitrogens with one attached hydrogen (secondary N) is 1. The van der Waals surface area contributed by atoms with Crippen LogP contribution in [0.4, 0.5) is 20.1 Å². The average molecular weight is 714 g/mol. The number of carbonyl (C=O) groups excluding carboxylic acids is 4. The molecule has 6 rings (SSSR count). The van der Waals surface area contributed by atoms with E-state index in [0.717, 1.165) is 16.5 Å². The number of hydrogen-bond acceptors (Lipinski definition) is 11. The van der Waals surface area contributed by atoms with Crippen molar-refractivity contribution in [3.63, 3.8) is 0 Å². The summed E-state index contributed by atoms with van der Waals surface area (Å²) in [5.74, 6) is -0.479. The summed E-state index contributed by atoms with van der Waals surface area (Å²) in [4.78, 5) is 70.6. The van der Waals surface area contributed by atoms with Crippen LogP contribution in [0.2, 0.25) is 0 Å². The summed E-state index contributed by atoms with van der Waals surface area (Å²) in [5.41, 5.74) is 3.02. The van der Waals surface area contributed by atoms with E-state index in [-0.39, 0.29) is 56.0 Å². The Bertz CT molecular complexity index is 2150. The Morgan fingerprint density at radius 2 is 1.71 bits per heavy atom. The molecule has 0 saturated heterocycles. The predicted molar refractivity (Wildman–Crippen MR) is 188 cm³/mol. The summed E-state index contributed by atoms with van der Waals surface area (Å²) in [7, 11) is 4.39. The van der Waals surface area contributed by atoms with Gasteiger partial charge in [0.05, 0.1) is 36.1 Å². The monoisotopic (exact) mass is 713 g/mol. The highest BCUT2D eigenvalue weighted by Gasteiger charge is 2.45. The van der Waals surface area contributed by atoms with Gasteiger partial charge in [-0.15, -0.1) is 0 Å². The number of pyridine rings is 2. The fourth-order valence-corrected chi connectivity index (χ4v) is 6.38. The van der Waals surface area contributed by atoms with Gasteiger partial charge in [-0.25, -0.2) is 24.2 Å². The molecule has 2 aromatic carbocycles. The van der Waals surface area contributed by atoms with Crippen LogP contribution in [0.25, 0.3) is 22.3 Å². The normalized spacial score (nSPS) is 15.5. The second kappa shape index (κ2) is 14.3. The van der Waals surface area contributed by atoms with Crippen LogP contribution in [-0.4, -0.2) is 83.0 Å². The molecule has 0 radical (unpaired) electrons. The van der Waals surface area contributed by atoms with Crippen LogP contribution in [-0.2, 0) is 50.8 Å². The summed E-state index contributed by atoms with van der Waals surface area (Å²) in [6, 6.07) is 13.5. The highest BCUT2D eigenvalue weighted by molar-refractivity contribution is 5.90. The molecule has 2 aliphatic rings. The third-order valence-electron chi connectivity index (χ3n) is 9.48. The van der Waals surface area contributed by atoms with Crippen LogP contribution < -0.4 is 15.6 Å². The van der Waals surface area contributed by atoms with E-state index in [4.69, 9.17) is 19.2 Å². The summed E-state index contributed by atoms with van der Waals surface area (Å²) < 4.78 is 22.4. The Labute approximate surface area is 298 Å². The van der Waals surface area contributed by atoms with Gasteiger partial charge >= 0.3 is 24.2 Å². The maximum absolute atomic E-state index is 13.6. The average Bonchev–Trinajstić information content (AvgIpc) is 3.52. The second-order valence-electron chi connectivity index (χ2n) is 12.6. The molecule has 15 nitrogen and oxygen atoms in total. The highest BCUT2D eigenvalue weighted by atomic mass is 16.6. The lowest BCUT2D eigenvalue weighted by Crippen LogP contribution is -2.44. The Morgan fingerprint density at radius 3 is 2.38 bits per heavy atom. The van der Waals surface area contributed by atoms with Gasteiger partial charge in [0.2, 0.25) is 0 Å². The number of nitrogens with zero attached hydrogens (tertiary/aromatic N) is 4. The van der Waals surface area contributed by atoms with Gasteiger partial charge in [0.25, 0.3) is 5.56 Å². The molecular weight excluding hydrogens is 674 g/mol. The first-order valence-corrected chi connectivity index (χ1v) is 16.8. The van der Waals surface area contributed by atoms with E-state index in [1.165, 1.54) is 16.9 Å². The first-order chi connectivity index (χ1) is 24.9. The molecule has 1 atom stereocenters. The fourth-order valence-electron chi connectivity index (χ4n) is 6.38. The number of fused-ring (bicyclic) bond motifs is 5. The van der Waals surface area contributed by atoms with E-state index in [1.54, 1.807) is 74.1 Å². The molecule has 0 unspecified atom stereocenters. The number of cyclic esters (lactones) is 1. The van der Waals surface area contributed by atoms with Gasteiger partial charge in [-0.05, 0) is 60.4 Å². The van der Waals surface area contributed by atoms with Gasteiger partial charge < -0.3 is 38.4 Å². The van der Waals surface area contributed by atoms with E-state index in [1.807, 2.05) is 6.92 Å². The Hall–Kier alpha value is -5.96. The molecule has 0 saturated carbocycles. The van der Waals surface area contributed by atoms with E-state index in [0.29, 0.717) is 40.3 Å². The molecular formula is C37H39N5O10. The molecule has 2 aromatic heterocycles. The number of benzene rings is 2. The zero-order chi connectivity index (χ0) is 37.3. The number of anilines is 1. The number of aryl methyl sites for hydroxylation is 1. The fraction of sp³-hybridized carbons (Fsp3) is 0.351. The molecule has 52 heavy (non-hydrogen) atoms. The molecule has 0 spiro atoms. The van der Waals surface area contributed by atoms with Gasteiger partial charge in [0, 0.05) is 49.4 Å². The molecule has 3 amide bonds. The molecule has 2 aliphatic heterocycles. The van der Waals surface area contributed by atoms with Crippen LogP contribution in [0.15, 0.2) is 53.3 Å². The number of amides is 3. The SMILES string of the molecule is CCc1c2c(nc3ccc(OC(=O)N(C)CCN(C)C(=O)OCc4ccc(NC(=O)OC)cc4)cc13)-c1cc3c(c(=O)n1C2)COC(=O)[C@]3(O)CC. The third-order valence-corrected chi connectivity index (χ3v) is 9.48. The molecule has 0 bridgehead atoms. The molecule has 0 aliphatic carbocycles. The first kappa shape index (κ1) is 35.9. The van der Waals surface area contributed by atoms with Gasteiger partial charge in [-0.2, -0.15) is 0 Å². The third kappa shape index (κ3) is 6.62. The molecule has 0 fully saturated rings. The Kier molecular flexibility index (Phi) is 9.89. The van der Waals surface area contributed by atoms with Gasteiger partial charge in [0.15, 0.2) is 5.60 Å². The van der Waals surface area contributed by atoms with Crippen LogP contribution in [0, 0.1) is 0 Å². The van der Waals surface area contributed by atoms with E-state index in [2.05, 4.69) is 10.1 Å². The smallest absolute Gasteiger partial charge is 0.415 e. The summed E-state index contributed by atoms with van der Waals surface area (Å²) in [6.45, 7) is 4.06. The van der Waals surface area contributed by atoms with Crippen molar-refractivity contribution in [2.24, 2.45) is 0 Å². The number of likely N-dealkylation sites (N-methyl/N-ethyl adjacent to an activating group) is 2. The largest absolute Gasteiger partial charge is 0.458 e. The van der Waals surface area contributed by atoms with Crippen molar-refractivity contribution in [1.29, 1.82) is 0 Å². The molecule has 4 heterocycles. The molecule has 15 heteroatoms.